The van der Waals surface area contributed by atoms with E-state index >= 15 is 0 Å². The molecule has 0 aliphatic heterocycles. The number of carbonyl (C=O) groups is 1. The molecule has 0 spiro atoms. The lowest BCUT2D eigenvalue weighted by Gasteiger charge is -2.08. The van der Waals surface area contributed by atoms with Crippen LogP contribution < -0.4 is 4.74 Å². The Hall–Kier alpha value is -1.79. The summed E-state index contributed by atoms with van der Waals surface area (Å²) >= 11 is 0. The summed E-state index contributed by atoms with van der Waals surface area (Å²) in [7, 11) is 0. The smallest absolute Gasteiger partial charge is 0.392 e. The summed E-state index contributed by atoms with van der Waals surface area (Å²) in [6.45, 7) is 1.40. The van der Waals surface area contributed by atoms with Crippen molar-refractivity contribution < 1.29 is 27.4 Å². The second-order valence-corrected chi connectivity index (χ2v) is 3.32. The summed E-state index contributed by atoms with van der Waals surface area (Å²) in [5, 5.41) is 0. The topological polar surface area (TPSA) is 48.4 Å². The van der Waals surface area contributed by atoms with E-state index in [2.05, 4.69) is 4.98 Å². The standard InChI is InChI=1S/C11H12F3NO3/c1-2-17-10(16)8-3-4-9(15-7-8)18-6-5-11(12,13)14/h3-4,7H,2,5-6H2,1H3. The molecule has 1 aromatic heterocycles. The summed E-state index contributed by atoms with van der Waals surface area (Å²) < 4.78 is 45.1. The minimum atomic E-state index is -4.26. The molecule has 0 aliphatic carbocycles. The van der Waals surface area contributed by atoms with Gasteiger partial charge in [-0.25, -0.2) is 9.78 Å². The minimum absolute atomic E-state index is 0.0345. The van der Waals surface area contributed by atoms with Crippen LogP contribution in [0.2, 0.25) is 0 Å². The number of nitrogens with zero attached hydrogens (tertiary/aromatic N) is 1. The van der Waals surface area contributed by atoms with Crippen molar-refractivity contribution in [1.29, 1.82) is 0 Å². The summed E-state index contributed by atoms with van der Waals surface area (Å²) in [6, 6.07) is 2.70. The summed E-state index contributed by atoms with van der Waals surface area (Å²) in [5.74, 6) is -0.501. The van der Waals surface area contributed by atoms with Crippen molar-refractivity contribution in [3.05, 3.63) is 23.9 Å². The van der Waals surface area contributed by atoms with E-state index in [4.69, 9.17) is 9.47 Å². The highest BCUT2D eigenvalue weighted by atomic mass is 19.4. The van der Waals surface area contributed by atoms with Crippen molar-refractivity contribution in [3.63, 3.8) is 0 Å². The first-order valence-electron chi connectivity index (χ1n) is 5.25. The number of halogens is 3. The largest absolute Gasteiger partial charge is 0.477 e. The zero-order valence-corrected chi connectivity index (χ0v) is 9.66. The number of aromatic nitrogens is 1. The Morgan fingerprint density at radius 1 is 1.39 bits per heavy atom. The third-order valence-corrected chi connectivity index (χ3v) is 1.88. The first kappa shape index (κ1) is 14.3. The number of hydrogen-bond acceptors (Lipinski definition) is 4. The number of hydrogen-bond donors (Lipinski definition) is 0. The van der Waals surface area contributed by atoms with E-state index in [1.807, 2.05) is 0 Å². The Morgan fingerprint density at radius 2 is 2.11 bits per heavy atom. The summed E-state index contributed by atoms with van der Waals surface area (Å²) in [6.07, 6.45) is -4.11. The lowest BCUT2D eigenvalue weighted by Crippen LogP contribution is -2.13. The molecule has 0 radical (unpaired) electrons. The highest BCUT2D eigenvalue weighted by Crippen LogP contribution is 2.19. The maximum absolute atomic E-state index is 11.9. The molecular weight excluding hydrogens is 251 g/mol. The first-order chi connectivity index (χ1) is 8.42. The van der Waals surface area contributed by atoms with E-state index in [0.717, 1.165) is 0 Å². The first-order valence-corrected chi connectivity index (χ1v) is 5.25. The van der Waals surface area contributed by atoms with Crippen molar-refractivity contribution >= 4 is 5.97 Å². The molecular formula is C11H12F3NO3. The number of carbonyl (C=O) groups excluding carboxylic acids is 1. The van der Waals surface area contributed by atoms with Gasteiger partial charge in [0.1, 0.15) is 0 Å². The van der Waals surface area contributed by atoms with Crippen molar-refractivity contribution in [2.75, 3.05) is 13.2 Å². The number of ether oxygens (including phenoxy) is 2. The molecule has 0 aromatic carbocycles. The number of esters is 1. The maximum Gasteiger partial charge on any atom is 0.392 e. The Kier molecular flexibility index (Phi) is 4.94. The molecule has 7 heteroatoms. The van der Waals surface area contributed by atoms with Gasteiger partial charge in [-0.05, 0) is 13.0 Å². The third-order valence-electron chi connectivity index (χ3n) is 1.88. The number of pyridine rings is 1. The molecule has 18 heavy (non-hydrogen) atoms. The van der Waals surface area contributed by atoms with Gasteiger partial charge in [-0.1, -0.05) is 0 Å². The molecule has 1 aromatic rings. The van der Waals surface area contributed by atoms with Crippen molar-refractivity contribution in [3.8, 4) is 5.88 Å². The molecule has 0 saturated carbocycles. The lowest BCUT2D eigenvalue weighted by molar-refractivity contribution is -0.139. The van der Waals surface area contributed by atoms with Crippen LogP contribution in [0.4, 0.5) is 13.2 Å². The van der Waals surface area contributed by atoms with Crippen molar-refractivity contribution in [2.45, 2.75) is 19.5 Å². The predicted molar refractivity (Wildman–Crippen MR) is 56.4 cm³/mol. The van der Waals surface area contributed by atoms with Gasteiger partial charge in [-0.2, -0.15) is 13.2 Å². The molecule has 0 aliphatic rings. The number of rotatable bonds is 5. The average molecular weight is 263 g/mol. The molecule has 100 valence electrons. The van der Waals surface area contributed by atoms with Crippen LogP contribution in [-0.2, 0) is 4.74 Å². The highest BCUT2D eigenvalue weighted by molar-refractivity contribution is 5.89. The Labute approximate surface area is 102 Å². The van der Waals surface area contributed by atoms with Gasteiger partial charge in [0, 0.05) is 12.3 Å². The van der Waals surface area contributed by atoms with Crippen LogP contribution >= 0.6 is 0 Å². The molecule has 0 bridgehead atoms. The van der Waals surface area contributed by atoms with Gasteiger partial charge in [0.15, 0.2) is 0 Å². The molecule has 0 unspecified atom stereocenters. The van der Waals surface area contributed by atoms with E-state index in [1.165, 1.54) is 18.3 Å². The van der Waals surface area contributed by atoms with Gasteiger partial charge in [0.2, 0.25) is 5.88 Å². The van der Waals surface area contributed by atoms with Crippen LogP contribution in [0, 0.1) is 0 Å². The summed E-state index contributed by atoms with van der Waals surface area (Å²) in [5.41, 5.74) is 0.222. The van der Waals surface area contributed by atoms with Gasteiger partial charge < -0.3 is 9.47 Å². The highest BCUT2D eigenvalue weighted by Gasteiger charge is 2.26. The van der Waals surface area contributed by atoms with Crippen LogP contribution in [0.1, 0.15) is 23.7 Å². The fourth-order valence-electron chi connectivity index (χ4n) is 1.07. The van der Waals surface area contributed by atoms with Crippen LogP contribution in [0.25, 0.3) is 0 Å². The quantitative estimate of drug-likeness (QED) is 0.766. The minimum Gasteiger partial charge on any atom is -0.477 e. The van der Waals surface area contributed by atoms with E-state index < -0.39 is 25.2 Å². The molecule has 0 amide bonds. The fourth-order valence-corrected chi connectivity index (χ4v) is 1.07. The van der Waals surface area contributed by atoms with Crippen LogP contribution in [-0.4, -0.2) is 30.3 Å². The van der Waals surface area contributed by atoms with E-state index in [-0.39, 0.29) is 18.1 Å². The Bertz CT molecular complexity index is 390. The van der Waals surface area contributed by atoms with Crippen LogP contribution in [0.15, 0.2) is 18.3 Å². The maximum atomic E-state index is 11.9. The molecule has 0 fully saturated rings. The van der Waals surface area contributed by atoms with Crippen molar-refractivity contribution in [1.82, 2.24) is 4.98 Å². The number of alkyl halides is 3. The second-order valence-electron chi connectivity index (χ2n) is 3.32. The Morgan fingerprint density at radius 3 is 2.61 bits per heavy atom. The monoisotopic (exact) mass is 263 g/mol. The second kappa shape index (κ2) is 6.23. The fraction of sp³-hybridized carbons (Fsp3) is 0.455. The van der Waals surface area contributed by atoms with Crippen molar-refractivity contribution in [2.24, 2.45) is 0 Å². The summed E-state index contributed by atoms with van der Waals surface area (Å²) in [4.78, 5) is 15.0. The van der Waals surface area contributed by atoms with E-state index in [9.17, 15) is 18.0 Å². The molecule has 0 saturated heterocycles. The van der Waals surface area contributed by atoms with Gasteiger partial charge in [-0.15, -0.1) is 0 Å². The van der Waals surface area contributed by atoms with E-state index in [1.54, 1.807) is 6.92 Å². The van der Waals surface area contributed by atoms with Gasteiger partial charge >= 0.3 is 12.1 Å². The van der Waals surface area contributed by atoms with Gasteiger partial charge in [0.25, 0.3) is 0 Å². The molecule has 1 rings (SSSR count). The van der Waals surface area contributed by atoms with Crippen LogP contribution in [0.5, 0.6) is 5.88 Å². The molecule has 1 heterocycles. The average Bonchev–Trinajstić information content (AvgIpc) is 2.28. The zero-order chi connectivity index (χ0) is 13.6. The third kappa shape index (κ3) is 5.03. The Balaban J connectivity index is 2.48. The molecule has 0 atom stereocenters. The predicted octanol–water partition coefficient (Wildman–Crippen LogP) is 2.59. The van der Waals surface area contributed by atoms with E-state index in [0.29, 0.717) is 0 Å². The van der Waals surface area contributed by atoms with Crippen LogP contribution in [0.3, 0.4) is 0 Å². The normalized spacial score (nSPS) is 11.1. The van der Waals surface area contributed by atoms with Gasteiger partial charge in [0.05, 0.1) is 25.2 Å². The lowest BCUT2D eigenvalue weighted by atomic mass is 10.3. The molecule has 4 nitrogen and oxygen atoms in total. The SMILES string of the molecule is CCOC(=O)c1ccc(OCCC(F)(F)F)nc1. The molecule has 0 N–H and O–H groups in total. The zero-order valence-electron chi connectivity index (χ0n) is 9.66. The van der Waals surface area contributed by atoms with Gasteiger partial charge in [-0.3, -0.25) is 0 Å².